The molecule has 0 unspecified atom stereocenters. The molecular weight excluding hydrogens is 577 g/mol. The van der Waals surface area contributed by atoms with Crippen LogP contribution in [0.4, 0.5) is 0 Å². The largest absolute Gasteiger partial charge is 0.490 e. The normalized spacial score (nSPS) is 12.6. The van der Waals surface area contributed by atoms with Gasteiger partial charge in [0.25, 0.3) is 0 Å². The second kappa shape index (κ2) is 11.1. The van der Waals surface area contributed by atoms with Crippen molar-refractivity contribution in [2.24, 2.45) is 0 Å². The quantitative estimate of drug-likeness (QED) is 0.159. The third-order valence-electron chi connectivity index (χ3n) is 6.23. The molecule has 0 spiro atoms. The van der Waals surface area contributed by atoms with Gasteiger partial charge in [0.05, 0.1) is 5.52 Å². The minimum atomic E-state index is -0.642. The van der Waals surface area contributed by atoms with Crippen LogP contribution >= 0.6 is 22.6 Å². The van der Waals surface area contributed by atoms with Gasteiger partial charge in [-0.2, -0.15) is 0 Å². The lowest BCUT2D eigenvalue weighted by atomic mass is 9.94. The average Bonchev–Trinajstić information content (AvgIpc) is 3.28. The van der Waals surface area contributed by atoms with Crippen molar-refractivity contribution in [2.75, 3.05) is 13.2 Å². The predicted octanol–water partition coefficient (Wildman–Crippen LogP) is 6.46. The molecule has 0 bridgehead atoms. The second-order valence-corrected chi connectivity index (χ2v) is 11.1. The first-order chi connectivity index (χ1) is 17.9. The summed E-state index contributed by atoms with van der Waals surface area (Å²) in [6.07, 6.45) is 1.94. The molecule has 1 atom stereocenters. The Bertz CT molecular complexity index is 1480. The van der Waals surface area contributed by atoms with E-state index in [2.05, 4.69) is 76.0 Å². The summed E-state index contributed by atoms with van der Waals surface area (Å²) in [4.78, 5) is 7.71. The molecule has 0 aliphatic heterocycles. The van der Waals surface area contributed by atoms with E-state index in [0.717, 1.165) is 43.3 Å². The first-order valence-corrected chi connectivity index (χ1v) is 13.4. The number of aromatic amines is 1. The van der Waals surface area contributed by atoms with Crippen molar-refractivity contribution in [3.8, 4) is 17.4 Å². The van der Waals surface area contributed by atoms with Gasteiger partial charge in [0, 0.05) is 44.2 Å². The molecule has 3 aromatic carbocycles. The average molecular weight is 607 g/mol. The van der Waals surface area contributed by atoms with Crippen LogP contribution in [-0.2, 0) is 6.42 Å². The summed E-state index contributed by atoms with van der Waals surface area (Å²) in [5.41, 5.74) is 3.07. The van der Waals surface area contributed by atoms with Gasteiger partial charge in [0.1, 0.15) is 24.2 Å². The van der Waals surface area contributed by atoms with Crippen LogP contribution in [0.15, 0.2) is 85.1 Å². The number of nitrogens with one attached hydrogen (secondary N) is 2. The number of pyridine rings is 1. The Balaban J connectivity index is 1.14. The van der Waals surface area contributed by atoms with Crippen molar-refractivity contribution < 1.29 is 14.6 Å². The molecule has 190 valence electrons. The van der Waals surface area contributed by atoms with Crippen LogP contribution in [0, 0.1) is 3.57 Å². The van der Waals surface area contributed by atoms with E-state index >= 15 is 0 Å². The van der Waals surface area contributed by atoms with E-state index < -0.39 is 6.10 Å². The van der Waals surface area contributed by atoms with E-state index in [1.807, 2.05) is 54.6 Å². The molecule has 0 saturated heterocycles. The molecule has 3 N–H and O–H groups in total. The van der Waals surface area contributed by atoms with Crippen LogP contribution < -0.4 is 14.8 Å². The lowest BCUT2D eigenvalue weighted by molar-refractivity contribution is 0.0996. The smallest absolute Gasteiger partial charge is 0.219 e. The Morgan fingerprint density at radius 3 is 2.54 bits per heavy atom. The highest BCUT2D eigenvalue weighted by Crippen LogP contribution is 2.33. The second-order valence-electron chi connectivity index (χ2n) is 9.82. The van der Waals surface area contributed by atoms with Crippen molar-refractivity contribution in [3.63, 3.8) is 0 Å². The van der Waals surface area contributed by atoms with Crippen molar-refractivity contribution in [1.29, 1.82) is 0 Å². The predicted molar refractivity (Wildman–Crippen MR) is 157 cm³/mol. The van der Waals surface area contributed by atoms with Gasteiger partial charge in [-0.05, 0) is 84.8 Å². The number of nitrogens with zero attached hydrogens (tertiary/aromatic N) is 1. The monoisotopic (exact) mass is 607 g/mol. The number of aliphatic hydroxyl groups excluding tert-OH is 1. The van der Waals surface area contributed by atoms with Gasteiger partial charge in [-0.1, -0.05) is 36.4 Å². The van der Waals surface area contributed by atoms with E-state index in [4.69, 9.17) is 9.47 Å². The lowest BCUT2D eigenvalue weighted by Gasteiger charge is -2.28. The number of hydrogen-bond acceptors (Lipinski definition) is 5. The first-order valence-electron chi connectivity index (χ1n) is 12.3. The van der Waals surface area contributed by atoms with Crippen molar-refractivity contribution in [2.45, 2.75) is 31.9 Å². The van der Waals surface area contributed by atoms with Gasteiger partial charge in [0.2, 0.25) is 5.88 Å². The highest BCUT2D eigenvalue weighted by atomic mass is 127. The number of ether oxygens (including phenoxy) is 2. The summed E-state index contributed by atoms with van der Waals surface area (Å²) < 4.78 is 13.0. The fourth-order valence-electron chi connectivity index (χ4n) is 4.42. The van der Waals surface area contributed by atoms with Crippen LogP contribution in [-0.4, -0.2) is 39.9 Å². The molecule has 37 heavy (non-hydrogen) atoms. The Hall–Kier alpha value is -3.14. The third kappa shape index (κ3) is 6.41. The van der Waals surface area contributed by atoms with E-state index in [1.54, 1.807) is 6.20 Å². The van der Waals surface area contributed by atoms with Crippen molar-refractivity contribution >= 4 is 44.4 Å². The maximum absolute atomic E-state index is 10.7. The molecule has 0 amide bonds. The summed E-state index contributed by atoms with van der Waals surface area (Å²) in [7, 11) is 0. The Morgan fingerprint density at radius 1 is 0.973 bits per heavy atom. The molecule has 0 radical (unpaired) electrons. The first kappa shape index (κ1) is 25.5. The van der Waals surface area contributed by atoms with Gasteiger partial charge < -0.3 is 24.9 Å². The Morgan fingerprint density at radius 2 is 1.76 bits per heavy atom. The van der Waals surface area contributed by atoms with E-state index in [0.29, 0.717) is 12.4 Å². The van der Waals surface area contributed by atoms with Gasteiger partial charge >= 0.3 is 0 Å². The zero-order valence-corrected chi connectivity index (χ0v) is 23.0. The number of rotatable bonds is 10. The minimum absolute atomic E-state index is 0.209. The molecular formula is C30H30IN3O3. The van der Waals surface area contributed by atoms with Crippen molar-refractivity contribution in [3.05, 3.63) is 94.2 Å². The van der Waals surface area contributed by atoms with Crippen LogP contribution in [0.25, 0.3) is 21.8 Å². The molecule has 0 aliphatic carbocycles. The summed E-state index contributed by atoms with van der Waals surface area (Å²) in [5.74, 6) is 2.10. The summed E-state index contributed by atoms with van der Waals surface area (Å²) >= 11 is 2.22. The zero-order chi connectivity index (χ0) is 25.8. The Labute approximate surface area is 230 Å². The Kier molecular flexibility index (Phi) is 7.64. The van der Waals surface area contributed by atoms with Crippen LogP contribution in [0.3, 0.4) is 0 Å². The summed E-state index contributed by atoms with van der Waals surface area (Å²) in [5, 5.41) is 16.3. The molecule has 5 rings (SSSR count). The molecule has 0 saturated carbocycles. The number of aliphatic hydroxyl groups is 1. The van der Waals surface area contributed by atoms with Crippen LogP contribution in [0.1, 0.15) is 19.4 Å². The number of aromatic nitrogens is 2. The number of benzene rings is 3. The molecule has 2 aromatic heterocycles. The summed E-state index contributed by atoms with van der Waals surface area (Å²) in [6.45, 7) is 4.90. The number of H-pyrrole nitrogens is 1. The number of halogens is 1. The summed E-state index contributed by atoms with van der Waals surface area (Å²) in [6, 6.07) is 26.0. The van der Waals surface area contributed by atoms with Gasteiger partial charge in [-0.15, -0.1) is 0 Å². The number of fused-ring (bicyclic) bond motifs is 3. The number of β-amino-alcohol motifs (C(OH)–C–C–N with tert-alkyl or cyclic N) is 1. The highest BCUT2D eigenvalue weighted by molar-refractivity contribution is 14.1. The standard InChI is InChI=1S/C30H30IN3O3/c1-30(2,16-20-10-13-23(14-11-20)37-28-15-12-21(31)17-32-28)33-18-22(35)19-36-27-9-5-8-26-29(27)24-6-3-4-7-25(24)34-26/h3-15,17,22,33-35H,16,18-19H2,1-2H3/t22-/m0/s1. The molecule has 0 aliphatic rings. The minimum Gasteiger partial charge on any atom is -0.490 e. The highest BCUT2D eigenvalue weighted by Gasteiger charge is 2.20. The maximum Gasteiger partial charge on any atom is 0.219 e. The maximum atomic E-state index is 10.7. The molecule has 5 aromatic rings. The van der Waals surface area contributed by atoms with Crippen LogP contribution in [0.5, 0.6) is 17.4 Å². The van der Waals surface area contributed by atoms with E-state index in [1.165, 1.54) is 5.56 Å². The topological polar surface area (TPSA) is 79.4 Å². The van der Waals surface area contributed by atoms with E-state index in [9.17, 15) is 5.11 Å². The van der Waals surface area contributed by atoms with Gasteiger partial charge in [-0.25, -0.2) is 4.98 Å². The molecule has 2 heterocycles. The number of para-hydroxylation sites is 1. The molecule has 7 heteroatoms. The van der Waals surface area contributed by atoms with Gasteiger partial charge in [-0.3, -0.25) is 0 Å². The fourth-order valence-corrected chi connectivity index (χ4v) is 4.74. The van der Waals surface area contributed by atoms with Gasteiger partial charge in [0.15, 0.2) is 0 Å². The fraction of sp³-hybridized carbons (Fsp3) is 0.233. The molecule has 6 nitrogen and oxygen atoms in total. The lowest BCUT2D eigenvalue weighted by Crippen LogP contribution is -2.46. The SMILES string of the molecule is CC(C)(Cc1ccc(Oc2ccc(I)cn2)cc1)NC[C@H](O)COc1cccc2[nH]c3ccccc3c12. The zero-order valence-electron chi connectivity index (χ0n) is 20.9. The van der Waals surface area contributed by atoms with Crippen LogP contribution in [0.2, 0.25) is 0 Å². The molecule has 0 fully saturated rings. The van der Waals surface area contributed by atoms with Crippen molar-refractivity contribution in [1.82, 2.24) is 15.3 Å². The number of hydrogen-bond donors (Lipinski definition) is 3. The van der Waals surface area contributed by atoms with E-state index in [-0.39, 0.29) is 12.1 Å². The third-order valence-corrected chi connectivity index (χ3v) is 6.87.